The van der Waals surface area contributed by atoms with Gasteiger partial charge in [-0.3, -0.25) is 4.79 Å². The number of rotatable bonds is 8. The monoisotopic (exact) mass is 566 g/mol. The number of para-hydroxylation sites is 1. The Morgan fingerprint density at radius 3 is 2.62 bits per heavy atom. The van der Waals surface area contributed by atoms with Crippen molar-refractivity contribution in [1.82, 2.24) is 15.0 Å². The molecule has 2 fully saturated rings. The Morgan fingerprint density at radius 2 is 2.00 bits per heavy atom. The molecular weight excluding hydrogens is 537 g/mol. The number of nitrogens with two attached hydrogens (primary N) is 1. The van der Waals surface area contributed by atoms with Crippen LogP contribution in [0.4, 0.5) is 24.9 Å². The van der Waals surface area contributed by atoms with Gasteiger partial charge >= 0.3 is 12.1 Å². The van der Waals surface area contributed by atoms with E-state index < -0.39 is 54.5 Å². The summed E-state index contributed by atoms with van der Waals surface area (Å²) in [5.41, 5.74) is 5.77. The predicted octanol–water partition coefficient (Wildman–Crippen LogP) is 2.84. The summed E-state index contributed by atoms with van der Waals surface area (Å²) in [5.74, 6) is -1.44. The molecule has 0 radical (unpaired) electrons. The molecule has 2 aliphatic rings. The van der Waals surface area contributed by atoms with E-state index in [2.05, 4.69) is 25.6 Å². The number of halogens is 3. The molecule has 0 saturated heterocycles. The van der Waals surface area contributed by atoms with Crippen LogP contribution in [0.2, 0.25) is 0 Å². The molecule has 1 aromatic carbocycles. The first-order valence-corrected chi connectivity index (χ1v) is 13.3. The fraction of sp³-hybridized carbons (Fsp3) is 0.520. The summed E-state index contributed by atoms with van der Waals surface area (Å²) in [6.45, 7) is 3.85. The van der Waals surface area contributed by atoms with E-state index in [4.69, 9.17) is 10.5 Å². The molecule has 6 unspecified atom stereocenters. The number of ether oxygens (including phenoxy) is 1. The molecule has 6 N–H and O–H groups in total. The maximum Gasteiger partial charge on any atom is 0.405 e. The topological polar surface area (TPSA) is 156 Å². The van der Waals surface area contributed by atoms with E-state index in [9.17, 15) is 28.2 Å². The van der Waals surface area contributed by atoms with E-state index in [1.165, 1.54) is 11.3 Å². The Morgan fingerprint density at radius 1 is 1.28 bits per heavy atom. The van der Waals surface area contributed by atoms with E-state index in [1.807, 2.05) is 24.3 Å². The first kappa shape index (κ1) is 27.5. The zero-order chi connectivity index (χ0) is 28.3. The molecule has 39 heavy (non-hydrogen) atoms. The average Bonchev–Trinajstić information content (AvgIpc) is 3.13. The van der Waals surface area contributed by atoms with Gasteiger partial charge in [0.2, 0.25) is 5.95 Å². The minimum absolute atomic E-state index is 0.160. The summed E-state index contributed by atoms with van der Waals surface area (Å²) >= 11 is 1.37. The van der Waals surface area contributed by atoms with Gasteiger partial charge in [0.1, 0.15) is 41.2 Å². The summed E-state index contributed by atoms with van der Waals surface area (Å²) in [6, 6.07) is 5.87. The van der Waals surface area contributed by atoms with Crippen molar-refractivity contribution in [3.63, 3.8) is 0 Å². The van der Waals surface area contributed by atoms with Crippen molar-refractivity contribution in [3.05, 3.63) is 30.0 Å². The molecule has 2 aliphatic carbocycles. The van der Waals surface area contributed by atoms with Crippen molar-refractivity contribution in [2.45, 2.75) is 63.3 Å². The third kappa shape index (κ3) is 5.13. The number of carbonyl (C=O) groups is 1. The maximum atomic E-state index is 12.8. The van der Waals surface area contributed by atoms with Crippen LogP contribution in [0.1, 0.15) is 26.0 Å². The smallest absolute Gasteiger partial charge is 0.405 e. The van der Waals surface area contributed by atoms with Gasteiger partial charge < -0.3 is 31.3 Å². The molecule has 0 aliphatic heterocycles. The Balaban J connectivity index is 1.41. The van der Waals surface area contributed by atoms with Crippen molar-refractivity contribution < 1.29 is 32.9 Å². The second-order valence-electron chi connectivity index (χ2n) is 10.4. The second kappa shape index (κ2) is 9.84. The highest BCUT2D eigenvalue weighted by Crippen LogP contribution is 2.58. The lowest BCUT2D eigenvalue weighted by Crippen LogP contribution is -2.45. The minimum Gasteiger partial charge on any atom is -0.458 e. The number of aryl methyl sites for hydroxylation is 1. The van der Waals surface area contributed by atoms with Gasteiger partial charge in [0.15, 0.2) is 0 Å². The summed E-state index contributed by atoms with van der Waals surface area (Å²) in [6.07, 6.45) is -6.50. The normalized spacial score (nSPS) is 26.9. The zero-order valence-electron chi connectivity index (χ0n) is 21.4. The van der Waals surface area contributed by atoms with Crippen LogP contribution >= 0.6 is 11.3 Å². The number of nitrogens with one attached hydrogen (secondary N) is 2. The number of hydrogen-bond acceptors (Lipinski definition) is 11. The van der Waals surface area contributed by atoms with Crippen LogP contribution in [-0.2, 0) is 9.53 Å². The Labute approximate surface area is 225 Å². The molecule has 2 aromatic heterocycles. The van der Waals surface area contributed by atoms with Gasteiger partial charge in [-0.15, -0.1) is 11.3 Å². The number of anilines is 2. The van der Waals surface area contributed by atoms with Gasteiger partial charge in [0.05, 0.1) is 27.5 Å². The van der Waals surface area contributed by atoms with Crippen molar-refractivity contribution in [1.29, 1.82) is 0 Å². The van der Waals surface area contributed by atoms with E-state index in [0.717, 1.165) is 10.2 Å². The van der Waals surface area contributed by atoms with E-state index >= 15 is 0 Å². The lowest BCUT2D eigenvalue weighted by molar-refractivity contribution is -0.152. The quantitative estimate of drug-likeness (QED) is 0.257. The maximum absolute atomic E-state index is 12.8. The molecule has 210 valence electrons. The number of carbonyl (C=O) groups excluding carboxylic acids is 1. The van der Waals surface area contributed by atoms with Crippen LogP contribution in [0.25, 0.3) is 20.8 Å². The molecule has 0 spiro atoms. The fourth-order valence-electron chi connectivity index (χ4n) is 4.99. The summed E-state index contributed by atoms with van der Waals surface area (Å²) in [5, 5.41) is 28.0. The highest BCUT2D eigenvalue weighted by molar-refractivity contribution is 7.21. The molecule has 2 saturated carbocycles. The van der Waals surface area contributed by atoms with Gasteiger partial charge in [0.25, 0.3) is 0 Å². The lowest BCUT2D eigenvalue weighted by Gasteiger charge is -2.26. The van der Waals surface area contributed by atoms with Crippen molar-refractivity contribution in [2.75, 3.05) is 17.2 Å². The van der Waals surface area contributed by atoms with Crippen LogP contribution < -0.4 is 16.4 Å². The Kier molecular flexibility index (Phi) is 6.94. The van der Waals surface area contributed by atoms with Crippen LogP contribution in [-0.4, -0.2) is 73.7 Å². The van der Waals surface area contributed by atoms with E-state index in [0.29, 0.717) is 16.3 Å². The van der Waals surface area contributed by atoms with Gasteiger partial charge in [-0.25, -0.2) is 9.97 Å². The summed E-state index contributed by atoms with van der Waals surface area (Å²) in [7, 11) is 0. The summed E-state index contributed by atoms with van der Waals surface area (Å²) < 4.78 is 44.8. The number of benzene rings is 1. The average molecular weight is 567 g/mol. The zero-order valence-corrected chi connectivity index (χ0v) is 22.2. The van der Waals surface area contributed by atoms with Gasteiger partial charge in [0, 0.05) is 5.92 Å². The number of fused-ring (bicyclic) bond motifs is 2. The molecule has 0 bridgehead atoms. The highest BCUT2D eigenvalue weighted by atomic mass is 32.1. The first-order valence-electron chi connectivity index (χ1n) is 12.5. The molecule has 14 heteroatoms. The number of hydrogen-bond donors (Lipinski definition) is 5. The van der Waals surface area contributed by atoms with Crippen molar-refractivity contribution in [3.8, 4) is 10.6 Å². The summed E-state index contributed by atoms with van der Waals surface area (Å²) in [4.78, 5) is 25.5. The number of thiazole rings is 1. The number of esters is 1. The van der Waals surface area contributed by atoms with Gasteiger partial charge in [-0.1, -0.05) is 26.0 Å². The second-order valence-corrected chi connectivity index (χ2v) is 11.4. The third-order valence-corrected chi connectivity index (χ3v) is 8.32. The number of aliphatic hydroxyl groups excluding tert-OH is 1. The Bertz CT molecular complexity index is 1370. The molecule has 10 nitrogen and oxygen atoms in total. The van der Waals surface area contributed by atoms with Crippen molar-refractivity contribution in [2.24, 2.45) is 17.6 Å². The van der Waals surface area contributed by atoms with E-state index in [-0.39, 0.29) is 24.1 Å². The van der Waals surface area contributed by atoms with Crippen LogP contribution in [0.5, 0.6) is 0 Å². The fourth-order valence-corrected chi connectivity index (χ4v) is 6.06. The van der Waals surface area contributed by atoms with Crippen LogP contribution in [0, 0.1) is 18.8 Å². The SMILES string of the molecule is Cc1nc(NCC(F)(F)F)nc(NC2CC3C(OC(=O)C(N)C(C)C)C3(O)C2O)c1-c1nc2ccccc2s1. The van der Waals surface area contributed by atoms with Crippen LogP contribution in [0.3, 0.4) is 0 Å². The Hall–Kier alpha value is -3.07. The predicted molar refractivity (Wildman–Crippen MR) is 139 cm³/mol. The van der Waals surface area contributed by atoms with Crippen molar-refractivity contribution >= 4 is 39.3 Å². The molecule has 6 atom stereocenters. The molecular formula is C25H29F3N6O4S. The van der Waals surface area contributed by atoms with Crippen LogP contribution in [0.15, 0.2) is 24.3 Å². The lowest BCUT2D eigenvalue weighted by atomic mass is 10.1. The molecule has 5 rings (SSSR count). The number of aliphatic hydroxyl groups is 2. The minimum atomic E-state index is -4.48. The number of alkyl halides is 3. The first-order chi connectivity index (χ1) is 18.3. The van der Waals surface area contributed by atoms with E-state index in [1.54, 1.807) is 20.8 Å². The number of nitrogens with zero attached hydrogens (tertiary/aromatic N) is 3. The van der Waals surface area contributed by atoms with Gasteiger partial charge in [-0.05, 0) is 31.4 Å². The largest absolute Gasteiger partial charge is 0.458 e. The third-order valence-electron chi connectivity index (χ3n) is 7.27. The molecule has 3 aromatic rings. The highest BCUT2D eigenvalue weighted by Gasteiger charge is 2.76. The molecule has 2 heterocycles. The molecule has 0 amide bonds. The van der Waals surface area contributed by atoms with Gasteiger partial charge in [-0.2, -0.15) is 18.2 Å². The standard InChI is InChI=1S/C25H29F3N6O4S/c1-10(2)17(29)22(36)38-19-12-8-14(18(35)25(12,19)37)32-20-16(21-33-13-6-4-5-7-15(13)39-21)11(3)31-23(34-20)30-9-24(26,27)28/h4-7,10,12,14,17-19,35,37H,8-9,29H2,1-3H3,(H2,30,31,32,34). The number of aromatic nitrogens is 3.